The van der Waals surface area contributed by atoms with Gasteiger partial charge < -0.3 is 9.80 Å². The Morgan fingerprint density at radius 1 is 1.19 bits per heavy atom. The van der Waals surface area contributed by atoms with Crippen molar-refractivity contribution in [2.45, 2.75) is 65.3 Å². The van der Waals surface area contributed by atoms with Crippen molar-refractivity contribution < 1.29 is 0 Å². The average Bonchev–Trinajstić information content (AvgIpc) is 2.55. The number of anilines is 2. The van der Waals surface area contributed by atoms with Crippen molar-refractivity contribution >= 4 is 11.8 Å². The van der Waals surface area contributed by atoms with Crippen LogP contribution in [0.25, 0.3) is 0 Å². The first-order valence-electron chi connectivity index (χ1n) is 8.51. The number of rotatable bonds is 7. The van der Waals surface area contributed by atoms with E-state index < -0.39 is 0 Å². The van der Waals surface area contributed by atoms with E-state index in [4.69, 9.17) is 4.98 Å². The predicted molar refractivity (Wildman–Crippen MR) is 87.9 cm³/mol. The lowest BCUT2D eigenvalue weighted by molar-refractivity contribution is 0.446. The fraction of sp³-hybridized carbons (Fsp3) is 0.812. The second kappa shape index (κ2) is 8.15. The molecule has 1 unspecified atom stereocenters. The van der Waals surface area contributed by atoms with Crippen molar-refractivity contribution in [3.05, 3.63) is 6.20 Å². The first-order valence-corrected chi connectivity index (χ1v) is 8.51. The predicted octanol–water partition coefficient (Wildman–Crippen LogP) is 3.27. The Morgan fingerprint density at radius 2 is 1.95 bits per heavy atom. The summed E-state index contributed by atoms with van der Waals surface area (Å²) in [5, 5.41) is 8.48. The second-order valence-electron chi connectivity index (χ2n) is 5.85. The van der Waals surface area contributed by atoms with E-state index in [2.05, 4.69) is 40.8 Å². The Kier molecular flexibility index (Phi) is 6.21. The third-order valence-corrected chi connectivity index (χ3v) is 4.20. The van der Waals surface area contributed by atoms with Crippen molar-refractivity contribution in [2.75, 3.05) is 29.4 Å². The standard InChI is InChI=1S/C16H29N5/c1-4-10-20(11-5-2)16-18-15(13-17-19-16)21-12-8-7-9-14(21)6-3/h13-14H,4-12H2,1-3H3. The van der Waals surface area contributed by atoms with Crippen molar-refractivity contribution in [3.8, 4) is 0 Å². The van der Waals surface area contributed by atoms with Crippen molar-refractivity contribution in [1.82, 2.24) is 15.2 Å². The molecule has 5 heteroatoms. The summed E-state index contributed by atoms with van der Waals surface area (Å²) in [6.07, 6.45) is 9.06. The molecule has 1 fully saturated rings. The molecule has 0 aromatic carbocycles. The molecule has 0 bridgehead atoms. The maximum absolute atomic E-state index is 4.81. The van der Waals surface area contributed by atoms with Gasteiger partial charge in [-0.2, -0.15) is 10.1 Å². The fourth-order valence-corrected chi connectivity index (χ4v) is 3.14. The molecule has 5 nitrogen and oxygen atoms in total. The van der Waals surface area contributed by atoms with E-state index in [1.165, 1.54) is 25.7 Å². The van der Waals surface area contributed by atoms with Crippen LogP contribution in [-0.4, -0.2) is 40.9 Å². The van der Waals surface area contributed by atoms with E-state index in [0.717, 1.165) is 44.2 Å². The van der Waals surface area contributed by atoms with Crippen LogP contribution >= 0.6 is 0 Å². The molecule has 0 radical (unpaired) electrons. The summed E-state index contributed by atoms with van der Waals surface area (Å²) in [4.78, 5) is 9.49. The molecule has 1 saturated heterocycles. The van der Waals surface area contributed by atoms with E-state index in [1.807, 2.05) is 6.20 Å². The first-order chi connectivity index (χ1) is 10.3. The van der Waals surface area contributed by atoms with Gasteiger partial charge >= 0.3 is 0 Å². The highest BCUT2D eigenvalue weighted by atomic mass is 15.4. The molecule has 2 heterocycles. The number of hydrogen-bond acceptors (Lipinski definition) is 5. The number of piperidine rings is 1. The molecular formula is C16H29N5. The zero-order valence-electron chi connectivity index (χ0n) is 13.8. The van der Waals surface area contributed by atoms with Crippen LogP contribution in [0.5, 0.6) is 0 Å². The van der Waals surface area contributed by atoms with Crippen LogP contribution in [0.4, 0.5) is 11.8 Å². The molecular weight excluding hydrogens is 262 g/mol. The first kappa shape index (κ1) is 16.0. The molecule has 1 aliphatic heterocycles. The molecule has 0 aliphatic carbocycles. The van der Waals surface area contributed by atoms with Crippen LogP contribution in [-0.2, 0) is 0 Å². The summed E-state index contributed by atoms with van der Waals surface area (Å²) in [7, 11) is 0. The summed E-state index contributed by atoms with van der Waals surface area (Å²) in [5.74, 6) is 1.79. The van der Waals surface area contributed by atoms with Crippen LogP contribution < -0.4 is 9.80 Å². The smallest absolute Gasteiger partial charge is 0.247 e. The molecule has 0 amide bonds. The number of aromatic nitrogens is 3. The topological polar surface area (TPSA) is 45.2 Å². The molecule has 118 valence electrons. The lowest BCUT2D eigenvalue weighted by atomic mass is 10.0. The average molecular weight is 291 g/mol. The van der Waals surface area contributed by atoms with E-state index >= 15 is 0 Å². The number of hydrogen-bond donors (Lipinski definition) is 0. The van der Waals surface area contributed by atoms with E-state index in [0.29, 0.717) is 6.04 Å². The van der Waals surface area contributed by atoms with Gasteiger partial charge in [-0.1, -0.05) is 20.8 Å². The zero-order chi connectivity index (χ0) is 15.1. The summed E-state index contributed by atoms with van der Waals surface area (Å²) in [5.41, 5.74) is 0. The van der Waals surface area contributed by atoms with Gasteiger partial charge in [0, 0.05) is 25.7 Å². The quantitative estimate of drug-likeness (QED) is 0.771. The minimum Gasteiger partial charge on any atom is -0.352 e. The van der Waals surface area contributed by atoms with Crippen molar-refractivity contribution in [3.63, 3.8) is 0 Å². The molecule has 0 N–H and O–H groups in total. The lowest BCUT2D eigenvalue weighted by Gasteiger charge is -2.36. The van der Waals surface area contributed by atoms with Gasteiger partial charge in [-0.05, 0) is 38.5 Å². The highest BCUT2D eigenvalue weighted by Crippen LogP contribution is 2.25. The third-order valence-electron chi connectivity index (χ3n) is 4.20. The number of nitrogens with zero attached hydrogens (tertiary/aromatic N) is 5. The fourth-order valence-electron chi connectivity index (χ4n) is 3.14. The minimum atomic E-state index is 0.606. The zero-order valence-corrected chi connectivity index (χ0v) is 13.8. The normalized spacial score (nSPS) is 18.8. The second-order valence-corrected chi connectivity index (χ2v) is 5.85. The van der Waals surface area contributed by atoms with E-state index in [-0.39, 0.29) is 0 Å². The van der Waals surface area contributed by atoms with Gasteiger partial charge in [0.05, 0.1) is 6.20 Å². The Morgan fingerprint density at radius 3 is 2.62 bits per heavy atom. The Balaban J connectivity index is 2.19. The van der Waals surface area contributed by atoms with Gasteiger partial charge in [0.15, 0.2) is 5.82 Å². The Labute approximate surface area is 128 Å². The van der Waals surface area contributed by atoms with Gasteiger partial charge in [0.25, 0.3) is 0 Å². The summed E-state index contributed by atoms with van der Waals surface area (Å²) in [6.45, 7) is 9.74. The van der Waals surface area contributed by atoms with Crippen molar-refractivity contribution in [2.24, 2.45) is 0 Å². The molecule has 1 aliphatic rings. The largest absolute Gasteiger partial charge is 0.352 e. The van der Waals surface area contributed by atoms with E-state index in [1.54, 1.807) is 0 Å². The monoisotopic (exact) mass is 291 g/mol. The molecule has 0 spiro atoms. The summed E-state index contributed by atoms with van der Waals surface area (Å²) < 4.78 is 0. The van der Waals surface area contributed by atoms with Crippen LogP contribution in [0.1, 0.15) is 59.3 Å². The highest BCUT2D eigenvalue weighted by molar-refractivity contribution is 5.43. The van der Waals surface area contributed by atoms with Gasteiger partial charge in [0.2, 0.25) is 5.95 Å². The summed E-state index contributed by atoms with van der Waals surface area (Å²) in [6, 6.07) is 0.606. The van der Waals surface area contributed by atoms with Crippen LogP contribution in [0, 0.1) is 0 Å². The van der Waals surface area contributed by atoms with Crippen LogP contribution in [0.15, 0.2) is 6.20 Å². The maximum atomic E-state index is 4.81. The van der Waals surface area contributed by atoms with Gasteiger partial charge in [0.1, 0.15) is 0 Å². The maximum Gasteiger partial charge on any atom is 0.247 e. The minimum absolute atomic E-state index is 0.606. The van der Waals surface area contributed by atoms with E-state index in [9.17, 15) is 0 Å². The van der Waals surface area contributed by atoms with Crippen molar-refractivity contribution in [1.29, 1.82) is 0 Å². The van der Waals surface area contributed by atoms with Gasteiger partial charge in [-0.3, -0.25) is 0 Å². The molecule has 0 saturated carbocycles. The molecule has 21 heavy (non-hydrogen) atoms. The lowest BCUT2D eigenvalue weighted by Crippen LogP contribution is -2.40. The van der Waals surface area contributed by atoms with Crippen LogP contribution in [0.2, 0.25) is 0 Å². The van der Waals surface area contributed by atoms with Crippen LogP contribution in [0.3, 0.4) is 0 Å². The molecule has 1 aromatic rings. The van der Waals surface area contributed by atoms with Gasteiger partial charge in [-0.25, -0.2) is 0 Å². The molecule has 1 atom stereocenters. The summed E-state index contributed by atoms with van der Waals surface area (Å²) >= 11 is 0. The van der Waals surface area contributed by atoms with Gasteiger partial charge in [-0.15, -0.1) is 5.10 Å². The molecule has 1 aromatic heterocycles. The highest BCUT2D eigenvalue weighted by Gasteiger charge is 2.23. The molecule has 2 rings (SSSR count). The Bertz CT molecular complexity index is 417. The third kappa shape index (κ3) is 4.05. The Hall–Kier alpha value is -1.39. The SMILES string of the molecule is CCCN(CCC)c1nncc(N2CCCCC2CC)n1.